The van der Waals surface area contributed by atoms with Gasteiger partial charge in [0.15, 0.2) is 0 Å². The van der Waals surface area contributed by atoms with Gasteiger partial charge >= 0.3 is 0 Å². The fourth-order valence-electron chi connectivity index (χ4n) is 2.28. The normalized spacial score (nSPS) is 25.6. The minimum Gasteiger partial charge on any atom is -0.329 e. The zero-order valence-corrected chi connectivity index (χ0v) is 8.92. The molecule has 2 aliphatic rings. The SMILES string of the molecule is CC(C)N(CC1CC1)C1(CN)CC1. The smallest absolute Gasteiger partial charge is 0.0335 e. The van der Waals surface area contributed by atoms with Gasteiger partial charge in [0.05, 0.1) is 0 Å². The Morgan fingerprint density at radius 1 is 1.38 bits per heavy atom. The van der Waals surface area contributed by atoms with Crippen molar-refractivity contribution < 1.29 is 0 Å². The molecule has 0 amide bonds. The molecule has 2 saturated carbocycles. The highest BCUT2D eigenvalue weighted by Crippen LogP contribution is 2.44. The molecule has 2 rings (SSSR count). The van der Waals surface area contributed by atoms with Crippen molar-refractivity contribution in [3.05, 3.63) is 0 Å². The second-order valence-corrected chi connectivity index (χ2v) is 5.12. The summed E-state index contributed by atoms with van der Waals surface area (Å²) in [6.45, 7) is 6.77. The lowest BCUT2D eigenvalue weighted by atomic mass is 10.1. The average molecular weight is 182 g/mol. The van der Waals surface area contributed by atoms with Gasteiger partial charge in [0, 0.05) is 24.7 Å². The lowest BCUT2D eigenvalue weighted by molar-refractivity contribution is 0.132. The molecule has 0 atom stereocenters. The Labute approximate surface area is 81.5 Å². The minimum absolute atomic E-state index is 0.413. The molecule has 0 aromatic carbocycles. The van der Waals surface area contributed by atoms with Crippen LogP contribution in [0.2, 0.25) is 0 Å². The van der Waals surface area contributed by atoms with E-state index >= 15 is 0 Å². The van der Waals surface area contributed by atoms with E-state index in [9.17, 15) is 0 Å². The summed E-state index contributed by atoms with van der Waals surface area (Å²) < 4.78 is 0. The molecule has 2 aliphatic carbocycles. The van der Waals surface area contributed by atoms with E-state index in [1.807, 2.05) is 0 Å². The van der Waals surface area contributed by atoms with Gasteiger partial charge in [-0.2, -0.15) is 0 Å². The maximum absolute atomic E-state index is 5.86. The van der Waals surface area contributed by atoms with Crippen LogP contribution in [-0.2, 0) is 0 Å². The second kappa shape index (κ2) is 3.25. The lowest BCUT2D eigenvalue weighted by Crippen LogP contribution is -2.47. The molecule has 0 spiro atoms. The predicted molar refractivity (Wildman–Crippen MR) is 55.6 cm³/mol. The van der Waals surface area contributed by atoms with Gasteiger partial charge in [-0.15, -0.1) is 0 Å². The largest absolute Gasteiger partial charge is 0.329 e. The van der Waals surface area contributed by atoms with Crippen LogP contribution in [0.3, 0.4) is 0 Å². The maximum atomic E-state index is 5.86. The Kier molecular flexibility index (Phi) is 2.37. The van der Waals surface area contributed by atoms with E-state index in [1.54, 1.807) is 0 Å². The number of hydrogen-bond acceptors (Lipinski definition) is 2. The first kappa shape index (κ1) is 9.47. The molecule has 13 heavy (non-hydrogen) atoms. The molecule has 0 radical (unpaired) electrons. The van der Waals surface area contributed by atoms with E-state index in [4.69, 9.17) is 5.73 Å². The van der Waals surface area contributed by atoms with Crippen molar-refractivity contribution in [1.82, 2.24) is 4.90 Å². The van der Waals surface area contributed by atoms with Crippen molar-refractivity contribution >= 4 is 0 Å². The first-order valence-electron chi connectivity index (χ1n) is 5.65. The molecule has 0 aromatic heterocycles. The fraction of sp³-hybridized carbons (Fsp3) is 1.00. The van der Waals surface area contributed by atoms with Gasteiger partial charge in [-0.25, -0.2) is 0 Å². The van der Waals surface area contributed by atoms with Gasteiger partial charge in [-0.3, -0.25) is 4.90 Å². The molecule has 2 fully saturated rings. The van der Waals surface area contributed by atoms with Crippen molar-refractivity contribution in [3.63, 3.8) is 0 Å². The van der Waals surface area contributed by atoms with E-state index in [2.05, 4.69) is 18.7 Å². The molecule has 2 N–H and O–H groups in total. The third-order valence-electron chi connectivity index (χ3n) is 3.59. The highest BCUT2D eigenvalue weighted by atomic mass is 15.3. The summed E-state index contributed by atoms with van der Waals surface area (Å²) in [5.41, 5.74) is 6.28. The summed E-state index contributed by atoms with van der Waals surface area (Å²) in [6, 6.07) is 0.673. The first-order chi connectivity index (χ1) is 6.18. The molecule has 0 unspecified atom stereocenters. The highest BCUT2D eigenvalue weighted by molar-refractivity contribution is 5.06. The van der Waals surface area contributed by atoms with E-state index in [-0.39, 0.29) is 0 Å². The number of nitrogens with two attached hydrogens (primary N) is 1. The molecular formula is C11H22N2. The van der Waals surface area contributed by atoms with Gasteiger partial charge in [0.2, 0.25) is 0 Å². The Morgan fingerprint density at radius 2 is 2.00 bits per heavy atom. The molecule has 0 aliphatic heterocycles. The lowest BCUT2D eigenvalue weighted by Gasteiger charge is -2.34. The summed E-state index contributed by atoms with van der Waals surface area (Å²) in [5, 5.41) is 0. The van der Waals surface area contributed by atoms with Gasteiger partial charge in [-0.05, 0) is 45.4 Å². The number of rotatable bonds is 5. The van der Waals surface area contributed by atoms with E-state index in [0.717, 1.165) is 12.5 Å². The van der Waals surface area contributed by atoms with Crippen molar-refractivity contribution in [1.29, 1.82) is 0 Å². The monoisotopic (exact) mass is 182 g/mol. The molecule has 0 bridgehead atoms. The van der Waals surface area contributed by atoms with Crippen LogP contribution in [-0.4, -0.2) is 29.6 Å². The Bertz CT molecular complexity index is 181. The zero-order chi connectivity index (χ0) is 9.47. The Balaban J connectivity index is 1.95. The molecule has 0 saturated heterocycles. The number of hydrogen-bond donors (Lipinski definition) is 1. The molecule has 0 heterocycles. The summed E-state index contributed by atoms with van der Waals surface area (Å²) in [4.78, 5) is 2.66. The summed E-state index contributed by atoms with van der Waals surface area (Å²) in [5.74, 6) is 0.992. The quantitative estimate of drug-likeness (QED) is 0.699. The van der Waals surface area contributed by atoms with Crippen molar-refractivity contribution in [2.75, 3.05) is 13.1 Å². The molecule has 0 aromatic rings. The average Bonchev–Trinajstić information content (AvgIpc) is 2.97. The molecule has 2 nitrogen and oxygen atoms in total. The topological polar surface area (TPSA) is 29.3 Å². The minimum atomic E-state index is 0.413. The predicted octanol–water partition coefficient (Wildman–Crippen LogP) is 1.60. The van der Waals surface area contributed by atoms with Crippen LogP contribution in [0.4, 0.5) is 0 Å². The third kappa shape index (κ3) is 1.89. The van der Waals surface area contributed by atoms with Gasteiger partial charge in [0.25, 0.3) is 0 Å². The Morgan fingerprint density at radius 3 is 2.31 bits per heavy atom. The van der Waals surface area contributed by atoms with E-state index in [1.165, 1.54) is 32.2 Å². The highest BCUT2D eigenvalue weighted by Gasteiger charge is 2.48. The standard InChI is InChI=1S/C11H22N2/c1-9(2)13(7-10-3-4-10)11(8-12)5-6-11/h9-10H,3-8,12H2,1-2H3. The van der Waals surface area contributed by atoms with Crippen LogP contribution < -0.4 is 5.73 Å². The maximum Gasteiger partial charge on any atom is 0.0335 e. The van der Waals surface area contributed by atoms with Crippen LogP contribution in [0.5, 0.6) is 0 Å². The van der Waals surface area contributed by atoms with Crippen LogP contribution in [0.15, 0.2) is 0 Å². The summed E-state index contributed by atoms with van der Waals surface area (Å²) in [6.07, 6.45) is 5.55. The molecular weight excluding hydrogens is 160 g/mol. The van der Waals surface area contributed by atoms with Crippen molar-refractivity contribution in [2.45, 2.75) is 51.1 Å². The van der Waals surface area contributed by atoms with Crippen molar-refractivity contribution in [2.24, 2.45) is 11.7 Å². The first-order valence-corrected chi connectivity index (χ1v) is 5.65. The third-order valence-corrected chi connectivity index (χ3v) is 3.59. The van der Waals surface area contributed by atoms with Crippen LogP contribution in [0.25, 0.3) is 0 Å². The van der Waals surface area contributed by atoms with Gasteiger partial charge in [0.1, 0.15) is 0 Å². The van der Waals surface area contributed by atoms with Crippen LogP contribution in [0.1, 0.15) is 39.5 Å². The molecule has 76 valence electrons. The van der Waals surface area contributed by atoms with E-state index in [0.29, 0.717) is 11.6 Å². The van der Waals surface area contributed by atoms with Crippen molar-refractivity contribution in [3.8, 4) is 0 Å². The summed E-state index contributed by atoms with van der Waals surface area (Å²) in [7, 11) is 0. The van der Waals surface area contributed by atoms with E-state index < -0.39 is 0 Å². The van der Waals surface area contributed by atoms with Crippen LogP contribution in [0, 0.1) is 5.92 Å². The number of nitrogens with zero attached hydrogens (tertiary/aromatic N) is 1. The van der Waals surface area contributed by atoms with Gasteiger partial charge in [-0.1, -0.05) is 0 Å². The fourth-order valence-corrected chi connectivity index (χ4v) is 2.28. The second-order valence-electron chi connectivity index (χ2n) is 5.12. The Hall–Kier alpha value is -0.0800. The molecule has 2 heteroatoms. The van der Waals surface area contributed by atoms with Gasteiger partial charge < -0.3 is 5.73 Å². The summed E-state index contributed by atoms with van der Waals surface area (Å²) >= 11 is 0. The zero-order valence-electron chi connectivity index (χ0n) is 8.92. The van der Waals surface area contributed by atoms with Crippen LogP contribution >= 0.6 is 0 Å².